The van der Waals surface area contributed by atoms with Crippen molar-refractivity contribution < 1.29 is 18.0 Å². The van der Waals surface area contributed by atoms with E-state index in [4.69, 9.17) is 23.2 Å². The number of amides is 2. The van der Waals surface area contributed by atoms with E-state index in [0.29, 0.717) is 21.3 Å². The van der Waals surface area contributed by atoms with Gasteiger partial charge in [-0.3, -0.25) is 13.9 Å². The van der Waals surface area contributed by atoms with Crippen molar-refractivity contribution in [1.29, 1.82) is 0 Å². The zero-order valence-corrected chi connectivity index (χ0v) is 24.9. The van der Waals surface area contributed by atoms with Crippen LogP contribution < -0.4 is 9.62 Å². The van der Waals surface area contributed by atoms with Crippen molar-refractivity contribution >= 4 is 50.7 Å². The third kappa shape index (κ3) is 7.97. The summed E-state index contributed by atoms with van der Waals surface area (Å²) in [6.45, 7) is 8.42. The van der Waals surface area contributed by atoms with Crippen LogP contribution in [-0.2, 0) is 26.2 Å². The quantitative estimate of drug-likeness (QED) is 0.340. The molecule has 0 saturated carbocycles. The number of rotatable bonds is 9. The van der Waals surface area contributed by atoms with E-state index in [-0.39, 0.29) is 17.3 Å². The maximum Gasteiger partial charge on any atom is 0.264 e. The smallest absolute Gasteiger partial charge is 0.264 e. The van der Waals surface area contributed by atoms with Gasteiger partial charge >= 0.3 is 0 Å². The third-order valence-electron chi connectivity index (χ3n) is 5.95. The van der Waals surface area contributed by atoms with Crippen LogP contribution in [0.2, 0.25) is 10.0 Å². The zero-order chi connectivity index (χ0) is 29.0. The van der Waals surface area contributed by atoms with E-state index >= 15 is 0 Å². The number of para-hydroxylation sites is 1. The van der Waals surface area contributed by atoms with Crippen molar-refractivity contribution in [1.82, 2.24) is 10.2 Å². The van der Waals surface area contributed by atoms with E-state index in [2.05, 4.69) is 5.32 Å². The van der Waals surface area contributed by atoms with E-state index in [1.807, 2.05) is 27.7 Å². The van der Waals surface area contributed by atoms with Crippen LogP contribution in [-0.4, -0.2) is 43.3 Å². The molecule has 208 valence electrons. The number of carbonyl (C=O) groups is 2. The zero-order valence-electron chi connectivity index (χ0n) is 22.6. The second kappa shape index (κ2) is 12.4. The Balaban J connectivity index is 2.03. The molecule has 3 aromatic carbocycles. The first-order valence-electron chi connectivity index (χ1n) is 12.4. The standard InChI is InChI=1S/C29H33Cl2N3O4S/c1-20-11-15-25(16-12-20)39(37,38)34(24-9-7-6-8-10-24)19-27(35)33(21(2)28(36)32-29(3,4)5)18-22-13-14-23(30)17-26(22)31/h6-17,21H,18-19H2,1-5H3,(H,32,36)/t21-/m1/s1. The van der Waals surface area contributed by atoms with Crippen LogP contribution in [0.15, 0.2) is 77.7 Å². The van der Waals surface area contributed by atoms with E-state index in [0.717, 1.165) is 9.87 Å². The van der Waals surface area contributed by atoms with Crippen molar-refractivity contribution in [2.75, 3.05) is 10.8 Å². The molecule has 0 saturated heterocycles. The predicted octanol–water partition coefficient (Wildman–Crippen LogP) is 5.83. The molecule has 0 spiro atoms. The SMILES string of the molecule is Cc1ccc(S(=O)(=O)N(CC(=O)N(Cc2ccc(Cl)cc2Cl)[C@H](C)C(=O)NC(C)(C)C)c2ccccc2)cc1. The highest BCUT2D eigenvalue weighted by molar-refractivity contribution is 7.92. The van der Waals surface area contributed by atoms with Crippen LogP contribution >= 0.6 is 23.2 Å². The molecule has 0 aliphatic carbocycles. The van der Waals surface area contributed by atoms with Gasteiger partial charge in [0.15, 0.2) is 0 Å². The molecule has 0 heterocycles. The molecular formula is C29H33Cl2N3O4S. The molecule has 3 rings (SSSR count). The average molecular weight is 591 g/mol. The minimum atomic E-state index is -4.12. The van der Waals surface area contributed by atoms with E-state index in [1.165, 1.54) is 17.0 Å². The van der Waals surface area contributed by atoms with Crippen LogP contribution in [0.1, 0.15) is 38.8 Å². The number of halogens is 2. The minimum Gasteiger partial charge on any atom is -0.350 e. The van der Waals surface area contributed by atoms with Crippen molar-refractivity contribution in [3.8, 4) is 0 Å². The normalized spacial score (nSPS) is 12.5. The van der Waals surface area contributed by atoms with Gasteiger partial charge in [0.05, 0.1) is 10.6 Å². The lowest BCUT2D eigenvalue weighted by Crippen LogP contribution is -2.54. The molecule has 1 N–H and O–H groups in total. The average Bonchev–Trinajstić information content (AvgIpc) is 2.86. The summed E-state index contributed by atoms with van der Waals surface area (Å²) in [4.78, 5) is 28.5. The number of hydrogen-bond acceptors (Lipinski definition) is 4. The van der Waals surface area contributed by atoms with E-state index in [1.54, 1.807) is 67.6 Å². The van der Waals surface area contributed by atoms with Gasteiger partial charge in [-0.05, 0) is 76.6 Å². The molecule has 0 aliphatic heterocycles. The first-order chi connectivity index (χ1) is 18.2. The Morgan fingerprint density at radius 3 is 2.13 bits per heavy atom. The molecule has 10 heteroatoms. The van der Waals surface area contributed by atoms with Crippen LogP contribution in [0.5, 0.6) is 0 Å². The summed E-state index contributed by atoms with van der Waals surface area (Å²) in [5.41, 5.74) is 1.25. The molecule has 0 unspecified atom stereocenters. The van der Waals surface area contributed by atoms with E-state index < -0.39 is 34.1 Å². The predicted molar refractivity (Wildman–Crippen MR) is 157 cm³/mol. The Hall–Kier alpha value is -3.07. The highest BCUT2D eigenvalue weighted by Crippen LogP contribution is 2.26. The van der Waals surface area contributed by atoms with Crippen molar-refractivity contribution in [2.45, 2.75) is 57.6 Å². The highest BCUT2D eigenvalue weighted by Gasteiger charge is 2.33. The molecule has 0 aliphatic rings. The maximum absolute atomic E-state index is 13.9. The second-order valence-electron chi connectivity index (χ2n) is 10.3. The summed E-state index contributed by atoms with van der Waals surface area (Å²) in [5.74, 6) is -0.953. The van der Waals surface area contributed by atoms with Crippen molar-refractivity contribution in [2.24, 2.45) is 0 Å². The number of sulfonamides is 1. The van der Waals surface area contributed by atoms with Gasteiger partial charge in [0.25, 0.3) is 10.0 Å². The number of nitrogens with zero attached hydrogens (tertiary/aromatic N) is 2. The topological polar surface area (TPSA) is 86.8 Å². The number of hydrogen-bond donors (Lipinski definition) is 1. The van der Waals surface area contributed by atoms with Crippen LogP contribution in [0.4, 0.5) is 5.69 Å². The molecular weight excluding hydrogens is 557 g/mol. The number of benzene rings is 3. The lowest BCUT2D eigenvalue weighted by molar-refractivity contribution is -0.140. The van der Waals surface area contributed by atoms with Gasteiger partial charge < -0.3 is 10.2 Å². The summed E-state index contributed by atoms with van der Waals surface area (Å²) >= 11 is 12.5. The molecule has 7 nitrogen and oxygen atoms in total. The first kappa shape index (κ1) is 30.5. The fourth-order valence-electron chi connectivity index (χ4n) is 3.85. The molecule has 0 aromatic heterocycles. The van der Waals surface area contributed by atoms with Gasteiger partial charge in [-0.2, -0.15) is 0 Å². The van der Waals surface area contributed by atoms with Gasteiger partial charge in [-0.1, -0.05) is 65.2 Å². The third-order valence-corrected chi connectivity index (χ3v) is 8.33. The molecule has 3 aromatic rings. The van der Waals surface area contributed by atoms with Crippen molar-refractivity contribution in [3.63, 3.8) is 0 Å². The van der Waals surface area contributed by atoms with E-state index in [9.17, 15) is 18.0 Å². The maximum atomic E-state index is 13.9. The van der Waals surface area contributed by atoms with Crippen LogP contribution in [0, 0.1) is 6.92 Å². The first-order valence-corrected chi connectivity index (χ1v) is 14.6. The van der Waals surface area contributed by atoms with Crippen molar-refractivity contribution in [3.05, 3.63) is 94.0 Å². The van der Waals surface area contributed by atoms with Gasteiger partial charge in [0, 0.05) is 22.1 Å². The largest absolute Gasteiger partial charge is 0.350 e. The number of anilines is 1. The minimum absolute atomic E-state index is 0.0270. The Kier molecular flexibility index (Phi) is 9.69. The van der Waals surface area contributed by atoms with Gasteiger partial charge in [-0.15, -0.1) is 0 Å². The number of carbonyl (C=O) groups excluding carboxylic acids is 2. The Morgan fingerprint density at radius 1 is 0.949 bits per heavy atom. The molecule has 39 heavy (non-hydrogen) atoms. The summed E-state index contributed by atoms with van der Waals surface area (Å²) < 4.78 is 28.6. The summed E-state index contributed by atoms with van der Waals surface area (Å²) in [6, 6.07) is 18.8. The fourth-order valence-corrected chi connectivity index (χ4v) is 5.73. The second-order valence-corrected chi connectivity index (χ2v) is 13.0. The Labute approximate surface area is 240 Å². The van der Waals surface area contributed by atoms with Gasteiger partial charge in [0.2, 0.25) is 11.8 Å². The molecule has 0 radical (unpaired) electrons. The lowest BCUT2D eigenvalue weighted by atomic mass is 10.1. The summed E-state index contributed by atoms with van der Waals surface area (Å²) in [5, 5.41) is 3.65. The Bertz CT molecular complexity index is 1420. The Morgan fingerprint density at radius 2 is 1.56 bits per heavy atom. The molecule has 0 fully saturated rings. The number of aryl methyl sites for hydroxylation is 1. The van der Waals surface area contributed by atoms with Gasteiger partial charge in [-0.25, -0.2) is 8.42 Å². The molecule has 1 atom stereocenters. The summed E-state index contributed by atoms with van der Waals surface area (Å²) in [7, 11) is -4.12. The lowest BCUT2D eigenvalue weighted by Gasteiger charge is -2.33. The fraction of sp³-hybridized carbons (Fsp3) is 0.310. The molecule has 2 amide bonds. The summed E-state index contributed by atoms with van der Waals surface area (Å²) in [6.07, 6.45) is 0. The highest BCUT2D eigenvalue weighted by atomic mass is 35.5. The monoisotopic (exact) mass is 589 g/mol. The van der Waals surface area contributed by atoms with Crippen LogP contribution in [0.3, 0.4) is 0 Å². The van der Waals surface area contributed by atoms with Gasteiger partial charge in [0.1, 0.15) is 12.6 Å². The number of nitrogens with one attached hydrogen (secondary N) is 1. The molecule has 0 bridgehead atoms. The van der Waals surface area contributed by atoms with Crippen LogP contribution in [0.25, 0.3) is 0 Å².